The first-order valence-electron chi connectivity index (χ1n) is 8.28. The summed E-state index contributed by atoms with van der Waals surface area (Å²) in [6.07, 6.45) is 3.64. The molecule has 0 unspecified atom stereocenters. The van der Waals surface area contributed by atoms with Crippen LogP contribution in [0.15, 0.2) is 36.5 Å². The van der Waals surface area contributed by atoms with E-state index in [0.717, 1.165) is 23.4 Å². The van der Waals surface area contributed by atoms with Crippen LogP contribution in [0.1, 0.15) is 53.7 Å². The smallest absolute Gasteiger partial charge is 0.279 e. The Morgan fingerprint density at radius 1 is 1.16 bits per heavy atom. The fraction of sp³-hybridized carbons (Fsp3) is 0.353. The number of nitrogens with one attached hydrogen (secondary N) is 1. The molecule has 25 heavy (non-hydrogen) atoms. The molecule has 1 amide bonds. The molecular weight excluding hydrogens is 336 g/mol. The summed E-state index contributed by atoms with van der Waals surface area (Å²) in [5.74, 6) is 0.0569. The van der Waals surface area contributed by atoms with Crippen LogP contribution in [0.4, 0.5) is 5.13 Å². The number of aromatic nitrogens is 5. The molecule has 0 radical (unpaired) electrons. The van der Waals surface area contributed by atoms with Crippen molar-refractivity contribution < 1.29 is 4.79 Å². The number of carbonyl (C=O) groups is 1. The second-order valence-electron chi connectivity index (χ2n) is 5.70. The van der Waals surface area contributed by atoms with Crippen molar-refractivity contribution in [3.8, 4) is 0 Å². The average molecular weight is 356 g/mol. The van der Waals surface area contributed by atoms with Crippen molar-refractivity contribution in [2.75, 3.05) is 5.32 Å². The highest BCUT2D eigenvalue weighted by Crippen LogP contribution is 2.28. The van der Waals surface area contributed by atoms with Gasteiger partial charge >= 0.3 is 0 Å². The molecule has 0 spiro atoms. The van der Waals surface area contributed by atoms with Gasteiger partial charge in [0.25, 0.3) is 5.91 Å². The van der Waals surface area contributed by atoms with E-state index in [4.69, 9.17) is 0 Å². The van der Waals surface area contributed by atoms with Gasteiger partial charge in [-0.1, -0.05) is 60.7 Å². The summed E-state index contributed by atoms with van der Waals surface area (Å²) in [7, 11) is 0. The Kier molecular flexibility index (Phi) is 5.49. The number of benzene rings is 1. The van der Waals surface area contributed by atoms with Gasteiger partial charge < -0.3 is 0 Å². The second kappa shape index (κ2) is 7.98. The largest absolute Gasteiger partial charge is 0.295 e. The van der Waals surface area contributed by atoms with E-state index < -0.39 is 0 Å². The maximum atomic E-state index is 12.3. The van der Waals surface area contributed by atoms with Crippen molar-refractivity contribution in [1.82, 2.24) is 25.2 Å². The fourth-order valence-electron chi connectivity index (χ4n) is 2.50. The van der Waals surface area contributed by atoms with Crippen molar-refractivity contribution in [3.05, 3.63) is 52.8 Å². The summed E-state index contributed by atoms with van der Waals surface area (Å²) in [4.78, 5) is 12.3. The number of amides is 1. The van der Waals surface area contributed by atoms with Crippen LogP contribution in [0.25, 0.3) is 0 Å². The van der Waals surface area contributed by atoms with Crippen LogP contribution in [0.2, 0.25) is 0 Å². The van der Waals surface area contributed by atoms with Crippen molar-refractivity contribution >= 4 is 22.4 Å². The van der Waals surface area contributed by atoms with Crippen LogP contribution in [0.3, 0.4) is 0 Å². The summed E-state index contributed by atoms with van der Waals surface area (Å²) in [6.45, 7) is 4.82. The molecule has 8 heteroatoms. The third kappa shape index (κ3) is 4.27. The van der Waals surface area contributed by atoms with E-state index in [9.17, 15) is 4.79 Å². The molecule has 0 fully saturated rings. The number of hydrogen-bond acceptors (Lipinski definition) is 6. The number of anilines is 1. The van der Waals surface area contributed by atoms with E-state index in [1.807, 2.05) is 30.3 Å². The molecule has 130 valence electrons. The van der Waals surface area contributed by atoms with Crippen molar-refractivity contribution in [3.63, 3.8) is 0 Å². The third-order valence-electron chi connectivity index (χ3n) is 3.95. The highest BCUT2D eigenvalue weighted by atomic mass is 32.1. The molecule has 0 aliphatic rings. The van der Waals surface area contributed by atoms with Crippen LogP contribution < -0.4 is 5.32 Å². The molecule has 1 aromatic carbocycles. The summed E-state index contributed by atoms with van der Waals surface area (Å²) >= 11 is 1.41. The maximum Gasteiger partial charge on any atom is 0.279 e. The average Bonchev–Trinajstić information content (AvgIpc) is 3.27. The van der Waals surface area contributed by atoms with E-state index in [-0.39, 0.29) is 11.6 Å². The minimum atomic E-state index is -0.327. The number of rotatable bonds is 7. The van der Waals surface area contributed by atoms with Gasteiger partial charge in [-0.2, -0.15) is 0 Å². The molecule has 3 rings (SSSR count). The lowest BCUT2D eigenvalue weighted by atomic mass is 10.1. The molecule has 1 N–H and O–H groups in total. The first kappa shape index (κ1) is 17.2. The Bertz CT molecular complexity index is 825. The van der Waals surface area contributed by atoms with Gasteiger partial charge in [-0.05, 0) is 18.4 Å². The van der Waals surface area contributed by atoms with E-state index in [1.165, 1.54) is 11.3 Å². The first-order valence-corrected chi connectivity index (χ1v) is 9.10. The van der Waals surface area contributed by atoms with Crippen molar-refractivity contribution in [1.29, 1.82) is 0 Å². The zero-order valence-corrected chi connectivity index (χ0v) is 15.0. The van der Waals surface area contributed by atoms with Gasteiger partial charge in [0.2, 0.25) is 5.13 Å². The highest BCUT2D eigenvalue weighted by molar-refractivity contribution is 7.15. The molecule has 0 saturated heterocycles. The Morgan fingerprint density at radius 3 is 2.64 bits per heavy atom. The van der Waals surface area contributed by atoms with Crippen LogP contribution in [-0.4, -0.2) is 31.1 Å². The predicted octanol–water partition coefficient (Wildman–Crippen LogP) is 3.33. The topological polar surface area (TPSA) is 85.6 Å². The summed E-state index contributed by atoms with van der Waals surface area (Å²) in [6, 6.07) is 9.89. The normalized spacial score (nSPS) is 11.0. The SMILES string of the molecule is CCC(CC)c1nnc(NC(=O)c2cn(Cc3ccccc3)nn2)s1. The zero-order chi connectivity index (χ0) is 17.6. The predicted molar refractivity (Wildman–Crippen MR) is 96.8 cm³/mol. The fourth-order valence-corrected chi connectivity index (χ4v) is 3.50. The maximum absolute atomic E-state index is 12.3. The molecule has 7 nitrogen and oxygen atoms in total. The van der Waals surface area contributed by atoms with Crippen LogP contribution in [0, 0.1) is 0 Å². The summed E-state index contributed by atoms with van der Waals surface area (Å²) in [5.41, 5.74) is 1.36. The lowest BCUT2D eigenvalue weighted by Crippen LogP contribution is -2.12. The van der Waals surface area contributed by atoms with E-state index in [2.05, 4.69) is 39.7 Å². The van der Waals surface area contributed by atoms with Gasteiger partial charge in [0.15, 0.2) is 5.69 Å². The summed E-state index contributed by atoms with van der Waals surface area (Å²) in [5, 5.41) is 20.4. The van der Waals surface area contributed by atoms with E-state index in [1.54, 1.807) is 10.9 Å². The van der Waals surface area contributed by atoms with Crippen LogP contribution in [-0.2, 0) is 6.54 Å². The van der Waals surface area contributed by atoms with E-state index >= 15 is 0 Å². The zero-order valence-electron chi connectivity index (χ0n) is 14.2. The molecule has 0 atom stereocenters. The minimum Gasteiger partial charge on any atom is -0.295 e. The van der Waals surface area contributed by atoms with E-state index in [0.29, 0.717) is 17.6 Å². The van der Waals surface area contributed by atoms with Gasteiger partial charge in [0, 0.05) is 5.92 Å². The Hall–Kier alpha value is -2.61. The lowest BCUT2D eigenvalue weighted by Gasteiger charge is -2.05. The highest BCUT2D eigenvalue weighted by Gasteiger charge is 2.17. The molecule has 0 aliphatic heterocycles. The van der Waals surface area contributed by atoms with Gasteiger partial charge in [0.05, 0.1) is 12.7 Å². The molecule has 0 aliphatic carbocycles. The first-order chi connectivity index (χ1) is 12.2. The lowest BCUT2D eigenvalue weighted by molar-refractivity contribution is 0.102. The number of hydrogen-bond donors (Lipinski definition) is 1. The molecule has 2 aromatic heterocycles. The minimum absolute atomic E-state index is 0.259. The monoisotopic (exact) mass is 356 g/mol. The molecule has 2 heterocycles. The van der Waals surface area contributed by atoms with Crippen LogP contribution >= 0.6 is 11.3 Å². The number of nitrogens with zero attached hydrogens (tertiary/aromatic N) is 5. The Labute approximate surface area is 150 Å². The molecule has 0 bridgehead atoms. The molecular formula is C17H20N6OS. The second-order valence-corrected chi connectivity index (χ2v) is 6.71. The van der Waals surface area contributed by atoms with Crippen LogP contribution in [0.5, 0.6) is 0 Å². The molecule has 3 aromatic rings. The van der Waals surface area contributed by atoms with Gasteiger partial charge in [0.1, 0.15) is 5.01 Å². The van der Waals surface area contributed by atoms with Crippen molar-refractivity contribution in [2.45, 2.75) is 39.2 Å². The summed E-state index contributed by atoms with van der Waals surface area (Å²) < 4.78 is 1.64. The van der Waals surface area contributed by atoms with Crippen molar-refractivity contribution in [2.24, 2.45) is 0 Å². The third-order valence-corrected chi connectivity index (χ3v) is 4.96. The standard InChI is InChI=1S/C17H20N6OS/c1-3-13(4-2)16-20-21-17(25-16)18-15(24)14-11-23(22-19-14)10-12-8-6-5-7-9-12/h5-9,11,13H,3-4,10H2,1-2H3,(H,18,21,24). The molecule has 0 saturated carbocycles. The Balaban J connectivity index is 1.64. The quantitative estimate of drug-likeness (QED) is 0.702. The van der Waals surface area contributed by atoms with Gasteiger partial charge in [-0.25, -0.2) is 4.68 Å². The van der Waals surface area contributed by atoms with Gasteiger partial charge in [-0.15, -0.1) is 15.3 Å². The van der Waals surface area contributed by atoms with Gasteiger partial charge in [-0.3, -0.25) is 10.1 Å². The Morgan fingerprint density at radius 2 is 1.92 bits per heavy atom. The number of carbonyl (C=O) groups excluding carboxylic acids is 1.